The van der Waals surface area contributed by atoms with Gasteiger partial charge in [0.25, 0.3) is 0 Å². The Kier molecular flexibility index (Phi) is 11.0. The van der Waals surface area contributed by atoms with Crippen LogP contribution in [0.3, 0.4) is 0 Å². The van der Waals surface area contributed by atoms with Crippen molar-refractivity contribution < 1.29 is 24.5 Å². The normalized spacial score (nSPS) is 10.1. The zero-order chi connectivity index (χ0) is 20.8. The van der Waals surface area contributed by atoms with Gasteiger partial charge in [-0.3, -0.25) is 0 Å². The molecule has 2 aromatic rings. The summed E-state index contributed by atoms with van der Waals surface area (Å²) >= 11 is 0. The van der Waals surface area contributed by atoms with E-state index in [2.05, 4.69) is 73.5 Å². The lowest BCUT2D eigenvalue weighted by atomic mass is 10.2. The molecule has 6 heteroatoms. The molecule has 0 aliphatic rings. The number of aryl methyl sites for hydroxylation is 1. The fraction of sp³-hybridized carbons (Fsp3) is 0.364. The van der Waals surface area contributed by atoms with Crippen molar-refractivity contribution in [2.75, 3.05) is 20.2 Å². The molecule has 0 heterocycles. The predicted molar refractivity (Wildman–Crippen MR) is 109 cm³/mol. The highest BCUT2D eigenvalue weighted by molar-refractivity contribution is 6.27. The molecule has 28 heavy (non-hydrogen) atoms. The van der Waals surface area contributed by atoms with Crippen LogP contribution in [0, 0.1) is 0 Å². The Morgan fingerprint density at radius 1 is 0.893 bits per heavy atom. The van der Waals surface area contributed by atoms with E-state index in [9.17, 15) is 0 Å². The van der Waals surface area contributed by atoms with Crippen LogP contribution in [0.2, 0.25) is 0 Å². The summed E-state index contributed by atoms with van der Waals surface area (Å²) in [5.74, 6) is -2.67. The third-order valence-electron chi connectivity index (χ3n) is 4.01. The van der Waals surface area contributed by atoms with Crippen LogP contribution in [-0.2, 0) is 22.6 Å². The fourth-order valence-corrected chi connectivity index (χ4v) is 2.47. The molecule has 0 bridgehead atoms. The van der Waals surface area contributed by atoms with Crippen LogP contribution in [0.15, 0.2) is 54.6 Å². The largest absolute Gasteiger partial charge is 0.494 e. The first kappa shape index (κ1) is 23.2. The SMILES string of the molecule is CCc1ccc(OCCCCN(C)Cc2ccccc2)cc1.O=C(O)C(=O)O. The van der Waals surface area contributed by atoms with Crippen LogP contribution in [0.5, 0.6) is 5.75 Å². The minimum absolute atomic E-state index is 0.796. The van der Waals surface area contributed by atoms with Crippen molar-refractivity contribution in [2.24, 2.45) is 0 Å². The van der Waals surface area contributed by atoms with Gasteiger partial charge in [0.2, 0.25) is 0 Å². The molecule has 0 saturated heterocycles. The van der Waals surface area contributed by atoms with Gasteiger partial charge in [-0.05, 0) is 56.1 Å². The van der Waals surface area contributed by atoms with Gasteiger partial charge in [0, 0.05) is 6.54 Å². The van der Waals surface area contributed by atoms with Gasteiger partial charge in [-0.25, -0.2) is 9.59 Å². The smallest absolute Gasteiger partial charge is 0.414 e. The van der Waals surface area contributed by atoms with E-state index in [0.29, 0.717) is 0 Å². The highest BCUT2D eigenvalue weighted by Crippen LogP contribution is 2.13. The topological polar surface area (TPSA) is 87.1 Å². The van der Waals surface area contributed by atoms with Gasteiger partial charge in [-0.2, -0.15) is 0 Å². The Morgan fingerprint density at radius 2 is 1.50 bits per heavy atom. The molecule has 0 spiro atoms. The highest BCUT2D eigenvalue weighted by atomic mass is 16.5. The molecule has 0 fully saturated rings. The lowest BCUT2D eigenvalue weighted by Crippen LogP contribution is -2.19. The first-order chi connectivity index (χ1) is 13.4. The van der Waals surface area contributed by atoms with Gasteiger partial charge in [-0.1, -0.05) is 49.4 Å². The van der Waals surface area contributed by atoms with E-state index in [0.717, 1.165) is 44.7 Å². The van der Waals surface area contributed by atoms with Crippen LogP contribution >= 0.6 is 0 Å². The number of hydrogen-bond acceptors (Lipinski definition) is 4. The number of carboxylic acids is 2. The van der Waals surface area contributed by atoms with Crippen molar-refractivity contribution in [3.05, 3.63) is 65.7 Å². The predicted octanol–water partition coefficient (Wildman–Crippen LogP) is 3.70. The standard InChI is InChI=1S/C20H27NO.C2H2O4/c1-3-18-11-13-20(14-12-18)22-16-8-7-15-21(2)17-19-9-5-4-6-10-19;3-1(4)2(5)6/h4-6,9-14H,3,7-8,15-17H2,1-2H3;(H,3,4)(H,5,6). The zero-order valence-corrected chi connectivity index (χ0v) is 16.5. The molecule has 0 unspecified atom stereocenters. The summed E-state index contributed by atoms with van der Waals surface area (Å²) in [4.78, 5) is 20.6. The maximum atomic E-state index is 9.10. The highest BCUT2D eigenvalue weighted by Gasteiger charge is 2.04. The quantitative estimate of drug-likeness (QED) is 0.504. The van der Waals surface area contributed by atoms with Gasteiger partial charge in [0.15, 0.2) is 0 Å². The van der Waals surface area contributed by atoms with E-state index in [1.165, 1.54) is 11.1 Å². The van der Waals surface area contributed by atoms with Gasteiger partial charge >= 0.3 is 11.9 Å². The maximum absolute atomic E-state index is 9.10. The minimum Gasteiger partial charge on any atom is -0.494 e. The lowest BCUT2D eigenvalue weighted by Gasteiger charge is -2.16. The molecule has 0 atom stereocenters. The summed E-state index contributed by atoms with van der Waals surface area (Å²) in [6.45, 7) is 5.08. The average Bonchev–Trinajstić information content (AvgIpc) is 2.69. The number of benzene rings is 2. The van der Waals surface area contributed by atoms with Gasteiger partial charge < -0.3 is 19.8 Å². The van der Waals surface area contributed by atoms with Crippen LogP contribution in [0.1, 0.15) is 30.9 Å². The van der Waals surface area contributed by atoms with E-state index in [1.54, 1.807) is 0 Å². The molecule has 2 N–H and O–H groups in total. The second kappa shape index (κ2) is 13.3. The molecule has 6 nitrogen and oxygen atoms in total. The van der Waals surface area contributed by atoms with E-state index < -0.39 is 11.9 Å². The molecule has 0 radical (unpaired) electrons. The third-order valence-corrected chi connectivity index (χ3v) is 4.01. The minimum atomic E-state index is -1.82. The maximum Gasteiger partial charge on any atom is 0.414 e. The molecule has 2 aromatic carbocycles. The number of unbranched alkanes of at least 4 members (excludes halogenated alkanes) is 1. The summed E-state index contributed by atoms with van der Waals surface area (Å²) in [7, 11) is 2.18. The van der Waals surface area contributed by atoms with Gasteiger partial charge in [-0.15, -0.1) is 0 Å². The van der Waals surface area contributed by atoms with Crippen molar-refractivity contribution in [1.82, 2.24) is 4.90 Å². The lowest BCUT2D eigenvalue weighted by molar-refractivity contribution is -0.159. The van der Waals surface area contributed by atoms with E-state index in [-0.39, 0.29) is 0 Å². The summed E-state index contributed by atoms with van der Waals surface area (Å²) in [6.07, 6.45) is 3.33. The summed E-state index contributed by atoms with van der Waals surface area (Å²) in [5.41, 5.74) is 2.73. The second-order valence-electron chi connectivity index (χ2n) is 6.39. The van der Waals surface area contributed by atoms with Gasteiger partial charge in [0.05, 0.1) is 6.61 Å². The van der Waals surface area contributed by atoms with Crippen LogP contribution in [0.25, 0.3) is 0 Å². The molecule has 0 aliphatic carbocycles. The number of rotatable bonds is 9. The molecule has 0 aromatic heterocycles. The Hall–Kier alpha value is -2.86. The molecule has 0 saturated carbocycles. The monoisotopic (exact) mass is 387 g/mol. The first-order valence-corrected chi connectivity index (χ1v) is 9.32. The molecule has 0 aliphatic heterocycles. The number of nitrogens with zero attached hydrogens (tertiary/aromatic N) is 1. The number of carbonyl (C=O) groups is 2. The Labute approximate surface area is 166 Å². The third kappa shape index (κ3) is 10.3. The fourth-order valence-electron chi connectivity index (χ4n) is 2.47. The first-order valence-electron chi connectivity index (χ1n) is 9.32. The van der Waals surface area contributed by atoms with Crippen molar-refractivity contribution in [3.63, 3.8) is 0 Å². The van der Waals surface area contributed by atoms with Crippen LogP contribution < -0.4 is 4.74 Å². The number of carboxylic acid groups (broad SMARTS) is 2. The van der Waals surface area contributed by atoms with Crippen molar-refractivity contribution in [3.8, 4) is 5.75 Å². The van der Waals surface area contributed by atoms with Crippen molar-refractivity contribution >= 4 is 11.9 Å². The van der Waals surface area contributed by atoms with Gasteiger partial charge in [0.1, 0.15) is 5.75 Å². The van der Waals surface area contributed by atoms with E-state index in [4.69, 9.17) is 24.5 Å². The Bertz CT molecular complexity index is 689. The van der Waals surface area contributed by atoms with Crippen LogP contribution in [0.4, 0.5) is 0 Å². The van der Waals surface area contributed by atoms with E-state index >= 15 is 0 Å². The second-order valence-corrected chi connectivity index (χ2v) is 6.39. The summed E-state index contributed by atoms with van der Waals surface area (Å²) < 4.78 is 5.79. The molecular formula is C22H29NO5. The Balaban J connectivity index is 0.000000568. The number of ether oxygens (including phenoxy) is 1. The molecule has 2 rings (SSSR count). The Morgan fingerprint density at radius 3 is 2.04 bits per heavy atom. The zero-order valence-electron chi connectivity index (χ0n) is 16.5. The molecule has 0 amide bonds. The summed E-state index contributed by atoms with van der Waals surface area (Å²) in [6, 6.07) is 19.0. The summed E-state index contributed by atoms with van der Waals surface area (Å²) in [5, 5.41) is 14.8. The molecule has 152 valence electrons. The van der Waals surface area contributed by atoms with Crippen LogP contribution in [-0.4, -0.2) is 47.3 Å². The van der Waals surface area contributed by atoms with E-state index in [1.807, 2.05) is 0 Å². The number of hydrogen-bond donors (Lipinski definition) is 2. The molecular weight excluding hydrogens is 358 g/mol. The van der Waals surface area contributed by atoms with Crippen molar-refractivity contribution in [2.45, 2.75) is 32.7 Å². The van der Waals surface area contributed by atoms with Crippen molar-refractivity contribution in [1.29, 1.82) is 0 Å². The average molecular weight is 387 g/mol. The number of aliphatic carboxylic acids is 2.